The van der Waals surface area contributed by atoms with E-state index in [1.807, 2.05) is 0 Å². The van der Waals surface area contributed by atoms with Gasteiger partial charge < -0.3 is 37.9 Å². The SMILES string of the molecule is COc1cccc(-c2nnc(N(CC[Si](C)(C)C)S(=O)(=O)[C@@H](C)[C@H](OC)c3ccc(F)cc3S(C)(=O)=O)n2-c2c(OC)cccc2OC)n1.COc1cccc(-c2nnc(N(CC[Si](C)(C)C)S(=O)(=O)[C@H](C)[C@@H](OC)c3ccc(F)cc3S(C)(=O)=O)n2-c2c(OC)cccc2OC)n1. The smallest absolute Gasteiger partial charge is 0.246 e. The third kappa shape index (κ3) is 17.3. The second-order valence-electron chi connectivity index (χ2n) is 25.0. The standard InChI is InChI=1S/2C32H42FN5O8S2Si/c2*1-21(30(46-5)23-17-16-22(33)20-27(23)47(6,39)40)48(41,42)37(18-19-49(7,8)9)32-36-35-31(24-12-10-15-28(34-24)45-4)38(32)29-25(43-2)13-11-14-26(29)44-3/h2*10-17,20-21,30H,18-19H2,1-9H3/t2*21-,30-/m10/s1. The zero-order valence-corrected chi connectivity index (χ0v) is 63.2. The first-order chi connectivity index (χ1) is 46.0. The molecule has 0 saturated carbocycles. The van der Waals surface area contributed by atoms with Crippen LogP contribution in [0.2, 0.25) is 51.4 Å². The number of para-hydroxylation sites is 2. The number of nitrogens with zero attached hydrogens (tertiary/aromatic N) is 10. The first kappa shape index (κ1) is 77.2. The predicted molar refractivity (Wildman–Crippen MR) is 375 cm³/mol. The molecule has 8 rings (SSSR count). The summed E-state index contributed by atoms with van der Waals surface area (Å²) in [5, 5.41) is 15.0. The average molecular weight is 1470 g/mol. The van der Waals surface area contributed by atoms with E-state index in [1.54, 1.807) is 72.8 Å². The number of halogens is 2. The molecule has 26 nitrogen and oxygen atoms in total. The molecule has 0 unspecified atom stereocenters. The van der Waals surface area contributed by atoms with Crippen LogP contribution in [-0.4, -0.2) is 182 Å². The van der Waals surface area contributed by atoms with E-state index in [1.165, 1.54) is 92.0 Å². The minimum atomic E-state index is -4.47. The average Bonchev–Trinajstić information content (AvgIpc) is 1.48. The monoisotopic (exact) mass is 1470 g/mol. The number of hydrogen-bond donors (Lipinski definition) is 0. The number of methoxy groups -OCH3 is 8. The van der Waals surface area contributed by atoms with Crippen LogP contribution in [0.5, 0.6) is 34.8 Å². The summed E-state index contributed by atoms with van der Waals surface area (Å²) in [5.74, 6) is 0.485. The van der Waals surface area contributed by atoms with Crippen molar-refractivity contribution in [3.05, 3.63) is 132 Å². The predicted octanol–water partition coefficient (Wildman–Crippen LogP) is 10.3. The number of anilines is 2. The van der Waals surface area contributed by atoms with Gasteiger partial charge in [-0.25, -0.2) is 61.0 Å². The lowest BCUT2D eigenvalue weighted by Crippen LogP contribution is -2.44. The zero-order valence-electron chi connectivity index (χ0n) is 57.9. The maximum absolute atomic E-state index is 14.9. The molecule has 0 N–H and O–H groups in total. The normalized spacial score (nSPS) is 13.5. The Balaban J connectivity index is 0.000000276. The lowest BCUT2D eigenvalue weighted by molar-refractivity contribution is 0.0997. The minimum absolute atomic E-state index is 0.00163. The maximum Gasteiger partial charge on any atom is 0.246 e. The molecule has 0 spiro atoms. The van der Waals surface area contributed by atoms with Gasteiger partial charge in [0.15, 0.2) is 31.3 Å². The van der Waals surface area contributed by atoms with Crippen molar-refractivity contribution in [2.24, 2.45) is 0 Å². The molecule has 34 heteroatoms. The molecule has 4 aromatic heterocycles. The number of aromatic nitrogens is 8. The molecular formula is C64H84F2N10O16S4Si2. The molecule has 0 fully saturated rings. The van der Waals surface area contributed by atoms with E-state index in [4.69, 9.17) is 37.9 Å². The maximum atomic E-state index is 14.9. The van der Waals surface area contributed by atoms with E-state index in [2.05, 4.69) is 69.6 Å². The largest absolute Gasteiger partial charge is 0.494 e. The summed E-state index contributed by atoms with van der Waals surface area (Å²) >= 11 is 0. The quantitative estimate of drug-likeness (QED) is 0.0378. The number of rotatable bonds is 30. The number of sulfone groups is 2. The zero-order chi connectivity index (χ0) is 72.6. The van der Waals surface area contributed by atoms with Crippen molar-refractivity contribution in [3.8, 4) is 69.2 Å². The summed E-state index contributed by atoms with van der Waals surface area (Å²) < 4.78 is 190. The second kappa shape index (κ2) is 31.4. The van der Waals surface area contributed by atoms with Crippen LogP contribution in [0.25, 0.3) is 34.4 Å². The third-order valence-electron chi connectivity index (χ3n) is 15.7. The fourth-order valence-corrected chi connectivity index (χ4v) is 17.9. The first-order valence-corrected chi connectivity index (χ1v) is 44.6. The highest BCUT2D eigenvalue weighted by Gasteiger charge is 2.44. The molecular weight excluding hydrogens is 1390 g/mol. The number of hydrogen-bond acceptors (Lipinski definition) is 22. The number of benzene rings is 4. The molecule has 0 radical (unpaired) electrons. The van der Waals surface area contributed by atoms with Gasteiger partial charge in [0.2, 0.25) is 43.7 Å². The van der Waals surface area contributed by atoms with Crippen LogP contribution >= 0.6 is 0 Å². The van der Waals surface area contributed by atoms with Gasteiger partial charge in [0, 0.05) is 79.2 Å². The van der Waals surface area contributed by atoms with Crippen LogP contribution in [-0.2, 0) is 49.2 Å². The number of ether oxygens (including phenoxy) is 8. The van der Waals surface area contributed by atoms with E-state index in [9.17, 15) is 42.5 Å². The Morgan fingerprint density at radius 1 is 0.449 bits per heavy atom. The van der Waals surface area contributed by atoms with Crippen molar-refractivity contribution in [2.45, 2.75) is 97.7 Å². The molecule has 4 atom stereocenters. The van der Waals surface area contributed by atoms with Gasteiger partial charge >= 0.3 is 0 Å². The Hall–Kier alpha value is -8.13. The number of sulfonamides is 2. The Kier molecular flexibility index (Phi) is 24.7. The van der Waals surface area contributed by atoms with E-state index >= 15 is 0 Å². The molecule has 98 heavy (non-hydrogen) atoms. The van der Waals surface area contributed by atoms with E-state index in [0.717, 1.165) is 45.4 Å². The topological polar surface area (TPSA) is 304 Å². The van der Waals surface area contributed by atoms with Crippen molar-refractivity contribution >= 4 is 67.8 Å². The molecule has 4 heterocycles. The van der Waals surface area contributed by atoms with Crippen LogP contribution in [0.4, 0.5) is 20.7 Å². The van der Waals surface area contributed by atoms with Gasteiger partial charge in [0.25, 0.3) is 0 Å². The van der Waals surface area contributed by atoms with Gasteiger partial charge in [-0.1, -0.05) is 75.7 Å². The van der Waals surface area contributed by atoms with E-state index < -0.39 is 90.2 Å². The van der Waals surface area contributed by atoms with Crippen molar-refractivity contribution in [3.63, 3.8) is 0 Å². The summed E-state index contributed by atoms with van der Waals surface area (Å²) in [6, 6.07) is 27.7. The van der Waals surface area contributed by atoms with Crippen molar-refractivity contribution < 1.29 is 80.3 Å². The molecule has 0 amide bonds. The molecule has 0 bridgehead atoms. The third-order valence-corrected chi connectivity index (χ3v) is 25.8. The Morgan fingerprint density at radius 3 is 1.04 bits per heavy atom. The molecule has 8 aromatic rings. The van der Waals surface area contributed by atoms with E-state index in [0.29, 0.717) is 69.6 Å². The van der Waals surface area contributed by atoms with Crippen LogP contribution in [0, 0.1) is 11.6 Å². The summed E-state index contributed by atoms with van der Waals surface area (Å²) in [4.78, 5) is 8.33. The number of pyridine rings is 2. The van der Waals surface area contributed by atoms with Crippen LogP contribution < -0.4 is 37.0 Å². The van der Waals surface area contributed by atoms with Crippen molar-refractivity contribution in [2.75, 3.05) is 91.1 Å². The molecule has 0 aliphatic heterocycles. The first-order valence-electron chi connectivity index (χ1n) is 30.4. The molecule has 532 valence electrons. The van der Waals surface area contributed by atoms with Crippen LogP contribution in [0.15, 0.2) is 119 Å². The van der Waals surface area contributed by atoms with Gasteiger partial charge in [0.1, 0.15) is 80.1 Å². The van der Waals surface area contributed by atoms with Crippen LogP contribution in [0.3, 0.4) is 0 Å². The lowest BCUT2D eigenvalue weighted by atomic mass is 10.1. The van der Waals surface area contributed by atoms with Gasteiger partial charge in [-0.05, 0) is 86.6 Å². The highest BCUT2D eigenvalue weighted by atomic mass is 32.2. The second-order valence-corrected chi connectivity index (χ2v) is 44.6. The molecule has 0 saturated heterocycles. The Bertz CT molecular complexity index is 4280. The van der Waals surface area contributed by atoms with Gasteiger partial charge in [0.05, 0.1) is 52.4 Å². The van der Waals surface area contributed by atoms with Gasteiger partial charge in [-0.3, -0.25) is 9.13 Å². The van der Waals surface area contributed by atoms with Crippen LogP contribution in [0.1, 0.15) is 37.2 Å². The summed E-state index contributed by atoms with van der Waals surface area (Å²) in [5.41, 5.74) is 1.27. The fraction of sp³-hybridized carbons (Fsp3) is 0.406. The molecule has 4 aromatic carbocycles. The van der Waals surface area contributed by atoms with Gasteiger partial charge in [-0.15, -0.1) is 20.4 Å². The summed E-state index contributed by atoms with van der Waals surface area (Å²) in [7, 11) is -9.32. The van der Waals surface area contributed by atoms with Gasteiger partial charge in [-0.2, -0.15) is 0 Å². The van der Waals surface area contributed by atoms with Crippen molar-refractivity contribution in [1.29, 1.82) is 0 Å². The Morgan fingerprint density at radius 2 is 0.765 bits per heavy atom. The highest BCUT2D eigenvalue weighted by Crippen LogP contribution is 2.44. The van der Waals surface area contributed by atoms with Crippen molar-refractivity contribution in [1.82, 2.24) is 39.5 Å². The minimum Gasteiger partial charge on any atom is -0.494 e. The highest BCUT2D eigenvalue weighted by molar-refractivity contribution is 7.93. The van der Waals surface area contributed by atoms with E-state index in [-0.39, 0.29) is 57.6 Å². The Labute approximate surface area is 574 Å². The summed E-state index contributed by atoms with van der Waals surface area (Å²) in [6.07, 6.45) is -0.786. The summed E-state index contributed by atoms with van der Waals surface area (Å²) in [6.45, 7) is 15.5. The fourth-order valence-electron chi connectivity index (χ4n) is 10.6. The molecule has 0 aliphatic carbocycles. The molecule has 0 aliphatic rings. The lowest BCUT2D eigenvalue weighted by Gasteiger charge is -2.32.